The second-order valence-corrected chi connectivity index (χ2v) is 6.31. The lowest BCUT2D eigenvalue weighted by Crippen LogP contribution is -1.98. The molecule has 0 saturated carbocycles. The summed E-state index contributed by atoms with van der Waals surface area (Å²) in [5, 5.41) is 0.985. The lowest BCUT2D eigenvalue weighted by atomic mass is 10.1. The third kappa shape index (κ3) is 2.09. The fourth-order valence-electron chi connectivity index (χ4n) is 1.80. The van der Waals surface area contributed by atoms with Gasteiger partial charge in [0, 0.05) is 17.1 Å². The predicted octanol–water partition coefficient (Wildman–Crippen LogP) is 4.29. The third-order valence-corrected chi connectivity index (χ3v) is 4.28. The van der Waals surface area contributed by atoms with Crippen molar-refractivity contribution in [3.63, 3.8) is 0 Å². The Morgan fingerprint density at radius 3 is 2.83 bits per heavy atom. The van der Waals surface area contributed by atoms with Gasteiger partial charge in [-0.1, -0.05) is 6.07 Å². The molecule has 0 fully saturated rings. The molecule has 0 aliphatic rings. The second-order valence-electron chi connectivity index (χ2n) is 3.84. The zero-order valence-electron chi connectivity index (χ0n) is 9.26. The number of carbonyl (C=O) groups is 1. The lowest BCUT2D eigenvalue weighted by molar-refractivity contribution is 0.104. The van der Waals surface area contributed by atoms with Gasteiger partial charge >= 0.3 is 0 Å². The molecule has 3 aromatic rings. The van der Waals surface area contributed by atoms with Crippen LogP contribution in [0.2, 0.25) is 0 Å². The number of pyridine rings is 1. The molecule has 0 bridgehead atoms. The number of thiophene rings is 1. The number of aromatic nitrogens is 1. The maximum atomic E-state index is 12.3. The van der Waals surface area contributed by atoms with Crippen LogP contribution in [0.1, 0.15) is 15.2 Å². The van der Waals surface area contributed by atoms with Crippen molar-refractivity contribution in [3.05, 3.63) is 62.9 Å². The first kappa shape index (κ1) is 11.6. The average molecular weight is 318 g/mol. The summed E-state index contributed by atoms with van der Waals surface area (Å²) in [5.41, 5.74) is 1.60. The number of fused-ring (bicyclic) bond motifs is 1. The Bertz CT molecular complexity index is 735. The molecule has 0 saturated heterocycles. The van der Waals surface area contributed by atoms with Gasteiger partial charge in [-0.05, 0) is 52.3 Å². The molecule has 18 heavy (non-hydrogen) atoms. The first-order valence-corrected chi connectivity index (χ1v) is 7.00. The highest BCUT2D eigenvalue weighted by molar-refractivity contribution is 9.11. The summed E-state index contributed by atoms with van der Waals surface area (Å²) in [4.78, 5) is 17.3. The molecule has 0 aliphatic heterocycles. The maximum absolute atomic E-state index is 12.3. The number of benzene rings is 1. The summed E-state index contributed by atoms with van der Waals surface area (Å²) in [6.07, 6.45) is 1.75. The van der Waals surface area contributed by atoms with E-state index in [4.69, 9.17) is 0 Å². The second kappa shape index (κ2) is 4.63. The van der Waals surface area contributed by atoms with Crippen molar-refractivity contribution in [1.82, 2.24) is 4.98 Å². The first-order valence-electron chi connectivity index (χ1n) is 5.39. The molecule has 4 heteroatoms. The first-order chi connectivity index (χ1) is 8.74. The van der Waals surface area contributed by atoms with Crippen molar-refractivity contribution in [2.24, 2.45) is 0 Å². The van der Waals surface area contributed by atoms with Crippen LogP contribution in [-0.2, 0) is 0 Å². The highest BCUT2D eigenvalue weighted by atomic mass is 79.9. The molecule has 2 aromatic heterocycles. The van der Waals surface area contributed by atoms with E-state index in [-0.39, 0.29) is 5.78 Å². The Kier molecular flexibility index (Phi) is 2.97. The minimum atomic E-state index is 0.0523. The molecule has 0 spiro atoms. The zero-order chi connectivity index (χ0) is 12.5. The number of ketones is 1. The highest BCUT2D eigenvalue weighted by Gasteiger charge is 2.11. The van der Waals surface area contributed by atoms with Crippen LogP contribution in [0, 0.1) is 0 Å². The minimum absolute atomic E-state index is 0.0523. The smallest absolute Gasteiger partial charge is 0.203 e. The van der Waals surface area contributed by atoms with Crippen molar-refractivity contribution in [1.29, 1.82) is 0 Å². The molecular formula is C14H8BrNOS. The fraction of sp³-hybridized carbons (Fsp3) is 0. The summed E-state index contributed by atoms with van der Waals surface area (Å²) in [7, 11) is 0. The van der Waals surface area contributed by atoms with Gasteiger partial charge in [0.05, 0.1) is 14.2 Å². The SMILES string of the molecule is O=C(c1ccc2ncccc2c1)c1ccc(Br)s1. The van der Waals surface area contributed by atoms with Crippen molar-refractivity contribution in [3.8, 4) is 0 Å². The number of rotatable bonds is 2. The quantitative estimate of drug-likeness (QED) is 0.660. The molecule has 0 N–H and O–H groups in total. The van der Waals surface area contributed by atoms with Gasteiger partial charge in [-0.15, -0.1) is 11.3 Å². The van der Waals surface area contributed by atoms with E-state index < -0.39 is 0 Å². The van der Waals surface area contributed by atoms with Crippen molar-refractivity contribution in [2.45, 2.75) is 0 Å². The molecule has 3 rings (SSSR count). The molecule has 88 valence electrons. The van der Waals surface area contributed by atoms with E-state index in [0.29, 0.717) is 5.56 Å². The molecule has 0 radical (unpaired) electrons. The number of hydrogen-bond acceptors (Lipinski definition) is 3. The minimum Gasteiger partial charge on any atom is -0.288 e. The Morgan fingerprint density at radius 1 is 1.17 bits per heavy atom. The van der Waals surface area contributed by atoms with E-state index in [1.165, 1.54) is 11.3 Å². The van der Waals surface area contributed by atoms with Gasteiger partial charge in [-0.2, -0.15) is 0 Å². The molecule has 0 unspecified atom stereocenters. The Balaban J connectivity index is 2.06. The molecule has 0 aliphatic carbocycles. The highest BCUT2D eigenvalue weighted by Crippen LogP contribution is 2.25. The Morgan fingerprint density at radius 2 is 2.06 bits per heavy atom. The Hall–Kier alpha value is -1.52. The van der Waals surface area contributed by atoms with Crippen LogP contribution in [0.4, 0.5) is 0 Å². The number of nitrogens with zero attached hydrogens (tertiary/aromatic N) is 1. The summed E-state index contributed by atoms with van der Waals surface area (Å²) in [6, 6.07) is 13.2. The molecule has 1 aromatic carbocycles. The summed E-state index contributed by atoms with van der Waals surface area (Å²) in [5.74, 6) is 0.0523. The van der Waals surface area contributed by atoms with Gasteiger partial charge in [-0.3, -0.25) is 9.78 Å². The zero-order valence-corrected chi connectivity index (χ0v) is 11.7. The maximum Gasteiger partial charge on any atom is 0.203 e. The van der Waals surface area contributed by atoms with Crippen molar-refractivity contribution in [2.75, 3.05) is 0 Å². The monoisotopic (exact) mass is 317 g/mol. The van der Waals surface area contributed by atoms with Crippen LogP contribution in [0.3, 0.4) is 0 Å². The van der Waals surface area contributed by atoms with E-state index in [9.17, 15) is 4.79 Å². The molecule has 0 amide bonds. The summed E-state index contributed by atoms with van der Waals surface area (Å²) in [6.45, 7) is 0. The predicted molar refractivity (Wildman–Crippen MR) is 77.2 cm³/mol. The number of halogens is 1. The standard InChI is InChI=1S/C14H8BrNOS/c15-13-6-5-12(18-13)14(17)10-3-4-11-9(8-10)2-1-7-16-11/h1-8H. The van der Waals surface area contributed by atoms with E-state index >= 15 is 0 Å². The van der Waals surface area contributed by atoms with Crippen molar-refractivity contribution < 1.29 is 4.79 Å². The lowest BCUT2D eigenvalue weighted by Gasteiger charge is -2.00. The topological polar surface area (TPSA) is 30.0 Å². The van der Waals surface area contributed by atoms with Gasteiger partial charge < -0.3 is 0 Å². The van der Waals surface area contributed by atoms with E-state index in [0.717, 1.165) is 19.6 Å². The van der Waals surface area contributed by atoms with Gasteiger partial charge in [0.25, 0.3) is 0 Å². The molecule has 2 nitrogen and oxygen atoms in total. The summed E-state index contributed by atoms with van der Waals surface area (Å²) >= 11 is 4.82. The van der Waals surface area contributed by atoms with Gasteiger partial charge in [0.2, 0.25) is 5.78 Å². The van der Waals surface area contributed by atoms with Crippen LogP contribution in [0.15, 0.2) is 52.4 Å². The van der Waals surface area contributed by atoms with Crippen LogP contribution >= 0.6 is 27.3 Å². The van der Waals surface area contributed by atoms with Crippen LogP contribution in [0.5, 0.6) is 0 Å². The van der Waals surface area contributed by atoms with E-state index in [2.05, 4.69) is 20.9 Å². The van der Waals surface area contributed by atoms with Crippen LogP contribution in [-0.4, -0.2) is 10.8 Å². The average Bonchev–Trinajstić information content (AvgIpc) is 2.84. The number of hydrogen-bond donors (Lipinski definition) is 0. The van der Waals surface area contributed by atoms with E-state index in [1.807, 2.05) is 42.5 Å². The van der Waals surface area contributed by atoms with Crippen LogP contribution < -0.4 is 0 Å². The van der Waals surface area contributed by atoms with Crippen LogP contribution in [0.25, 0.3) is 10.9 Å². The summed E-state index contributed by atoms with van der Waals surface area (Å²) < 4.78 is 0.966. The molecule has 0 atom stereocenters. The van der Waals surface area contributed by atoms with Gasteiger partial charge in [0.15, 0.2) is 0 Å². The van der Waals surface area contributed by atoms with Gasteiger partial charge in [-0.25, -0.2) is 0 Å². The molecule has 2 heterocycles. The third-order valence-electron chi connectivity index (χ3n) is 2.66. The molecular weight excluding hydrogens is 310 g/mol. The largest absolute Gasteiger partial charge is 0.288 e. The van der Waals surface area contributed by atoms with E-state index in [1.54, 1.807) is 6.20 Å². The van der Waals surface area contributed by atoms with Crippen molar-refractivity contribution >= 4 is 44.0 Å². The Labute approximate surface area is 116 Å². The van der Waals surface area contributed by atoms with Gasteiger partial charge in [0.1, 0.15) is 0 Å². The normalized spacial score (nSPS) is 10.7. The fourth-order valence-corrected chi connectivity index (χ4v) is 3.14. The number of carbonyl (C=O) groups excluding carboxylic acids is 1.